The third kappa shape index (κ3) is 7.14. The van der Waals surface area contributed by atoms with Crippen molar-refractivity contribution in [2.24, 2.45) is 0 Å². The summed E-state index contributed by atoms with van der Waals surface area (Å²) in [4.78, 5) is 29.0. The van der Waals surface area contributed by atoms with E-state index in [-0.39, 0.29) is 24.4 Å². The molecule has 2 aromatic rings. The number of hydrazine groups is 1. The molecule has 2 aliphatic rings. The van der Waals surface area contributed by atoms with Gasteiger partial charge in [-0.2, -0.15) is 0 Å². The first kappa shape index (κ1) is 28.7. The maximum atomic E-state index is 10.6. The molecule has 0 radical (unpaired) electrons. The second-order valence-corrected chi connectivity index (χ2v) is 10.9. The van der Waals surface area contributed by atoms with E-state index >= 15 is 0 Å². The van der Waals surface area contributed by atoms with Crippen molar-refractivity contribution >= 4 is 25.1 Å². The van der Waals surface area contributed by atoms with Gasteiger partial charge in [0.15, 0.2) is 0 Å². The number of rotatable bonds is 6. The topological polar surface area (TPSA) is 106 Å². The molecule has 4 rings (SSSR count). The van der Waals surface area contributed by atoms with E-state index in [0.29, 0.717) is 12.3 Å². The molecule has 0 bridgehead atoms. The Hall–Kier alpha value is -2.85. The number of carbonyl (C=O) groups excluding carboxylic acids is 2. The standard InChI is InChI=1S/C21H29BN2O2.C6H12N2O3/c1-20(2)21(3,4)26-22(25-20)17-12-10-15(11-13-17)18-14-23-19(24-18)16-8-6-5-7-9-16;1-5(2)8(4-9)7-6(10)11-3/h10-14,16H,5-9H2,1-4H3,(H,23,24);4-5H,1-3H3,(H,7,10). The summed E-state index contributed by atoms with van der Waals surface area (Å²) in [6.07, 6.45) is 8.37. The summed E-state index contributed by atoms with van der Waals surface area (Å²) in [5.41, 5.74) is 4.89. The predicted octanol–water partition coefficient (Wildman–Crippen LogP) is 4.55. The second-order valence-electron chi connectivity index (χ2n) is 10.9. The molecular weight excluding hydrogens is 471 g/mol. The molecule has 0 spiro atoms. The Morgan fingerprint density at radius 3 is 2.24 bits per heavy atom. The van der Waals surface area contributed by atoms with Crippen molar-refractivity contribution in [2.45, 2.75) is 96.8 Å². The molecular formula is C27H41BN4O5. The summed E-state index contributed by atoms with van der Waals surface area (Å²) in [5.74, 6) is 1.75. The van der Waals surface area contributed by atoms with Crippen molar-refractivity contribution in [3.05, 3.63) is 36.3 Å². The van der Waals surface area contributed by atoms with Crippen molar-refractivity contribution in [1.29, 1.82) is 0 Å². The zero-order valence-corrected chi connectivity index (χ0v) is 23.2. The van der Waals surface area contributed by atoms with Gasteiger partial charge in [-0.05, 0) is 65.4 Å². The van der Waals surface area contributed by atoms with Gasteiger partial charge in [-0.1, -0.05) is 43.5 Å². The smallest absolute Gasteiger partial charge is 0.452 e. The first-order valence-corrected chi connectivity index (χ1v) is 13.1. The fourth-order valence-corrected chi connectivity index (χ4v) is 4.29. The number of hydrogen-bond donors (Lipinski definition) is 2. The number of ether oxygens (including phenoxy) is 1. The molecule has 2 amide bonds. The molecule has 1 aliphatic heterocycles. The zero-order chi connectivity index (χ0) is 27.2. The fourth-order valence-electron chi connectivity index (χ4n) is 4.29. The van der Waals surface area contributed by atoms with E-state index in [2.05, 4.69) is 72.1 Å². The average molecular weight is 512 g/mol. The van der Waals surface area contributed by atoms with Crippen molar-refractivity contribution in [2.75, 3.05) is 7.11 Å². The van der Waals surface area contributed by atoms with Gasteiger partial charge in [-0.3, -0.25) is 9.80 Å². The summed E-state index contributed by atoms with van der Waals surface area (Å²) in [7, 11) is 0.923. The minimum absolute atomic E-state index is 0.0772. The van der Waals surface area contributed by atoms with E-state index in [1.54, 1.807) is 13.8 Å². The number of nitrogens with one attached hydrogen (secondary N) is 2. The van der Waals surface area contributed by atoms with Crippen molar-refractivity contribution < 1.29 is 23.6 Å². The number of imidazole rings is 1. The molecule has 10 heteroatoms. The maximum absolute atomic E-state index is 10.6. The average Bonchev–Trinajstić information content (AvgIpc) is 3.45. The zero-order valence-electron chi connectivity index (χ0n) is 23.2. The molecule has 37 heavy (non-hydrogen) atoms. The van der Waals surface area contributed by atoms with Crippen molar-refractivity contribution in [3.8, 4) is 11.3 Å². The number of nitrogens with zero attached hydrogens (tertiary/aromatic N) is 2. The van der Waals surface area contributed by atoms with Crippen LogP contribution < -0.4 is 10.9 Å². The van der Waals surface area contributed by atoms with E-state index in [4.69, 9.17) is 9.31 Å². The maximum Gasteiger partial charge on any atom is 0.494 e. The van der Waals surface area contributed by atoms with Crippen LogP contribution in [0.15, 0.2) is 30.5 Å². The molecule has 1 saturated carbocycles. The fraction of sp³-hybridized carbons (Fsp3) is 0.593. The van der Waals surface area contributed by atoms with E-state index < -0.39 is 6.09 Å². The van der Waals surface area contributed by atoms with Gasteiger partial charge < -0.3 is 19.0 Å². The molecule has 9 nitrogen and oxygen atoms in total. The normalized spacial score (nSPS) is 18.6. The highest BCUT2D eigenvalue weighted by molar-refractivity contribution is 6.62. The Labute approximate surface area is 220 Å². The molecule has 1 aromatic carbocycles. The first-order chi connectivity index (χ1) is 17.5. The third-order valence-corrected chi connectivity index (χ3v) is 7.41. The lowest BCUT2D eigenvalue weighted by molar-refractivity contribution is -0.122. The van der Waals surface area contributed by atoms with Gasteiger partial charge in [-0.25, -0.2) is 15.2 Å². The van der Waals surface area contributed by atoms with Gasteiger partial charge >= 0.3 is 13.2 Å². The Morgan fingerprint density at radius 1 is 1.14 bits per heavy atom. The SMILES string of the molecule is CC1(C)OB(c2ccc(-c3cnc(C4CCCCC4)[nH]3)cc2)OC1(C)C.COC(=O)NN(C=O)C(C)C. The van der Waals surface area contributed by atoms with Gasteiger partial charge in [-0.15, -0.1) is 0 Å². The molecule has 2 fully saturated rings. The van der Waals surface area contributed by atoms with Gasteiger partial charge in [0.25, 0.3) is 0 Å². The summed E-state index contributed by atoms with van der Waals surface area (Å²) < 4.78 is 16.6. The molecule has 2 heterocycles. The van der Waals surface area contributed by atoms with Crippen LogP contribution in [0.1, 0.15) is 85.4 Å². The lowest BCUT2D eigenvalue weighted by Crippen LogP contribution is -2.45. The monoisotopic (exact) mass is 512 g/mol. The summed E-state index contributed by atoms with van der Waals surface area (Å²) in [6.45, 7) is 11.9. The predicted molar refractivity (Wildman–Crippen MR) is 144 cm³/mol. The number of carbonyl (C=O) groups is 2. The minimum Gasteiger partial charge on any atom is -0.452 e. The highest BCUT2D eigenvalue weighted by atomic mass is 16.7. The molecule has 0 atom stereocenters. The largest absolute Gasteiger partial charge is 0.494 e. The Morgan fingerprint density at radius 2 is 1.73 bits per heavy atom. The number of aromatic amines is 1. The van der Waals surface area contributed by atoms with Crippen LogP contribution in [0.2, 0.25) is 0 Å². The second kappa shape index (κ2) is 12.1. The number of hydrogen-bond acceptors (Lipinski definition) is 6. The van der Waals surface area contributed by atoms with E-state index in [1.807, 2.05) is 6.20 Å². The number of benzene rings is 1. The van der Waals surface area contributed by atoms with Crippen LogP contribution in [0.4, 0.5) is 4.79 Å². The number of amides is 2. The van der Waals surface area contributed by atoms with Crippen LogP contribution in [0, 0.1) is 0 Å². The van der Waals surface area contributed by atoms with Crippen molar-refractivity contribution in [1.82, 2.24) is 20.4 Å². The van der Waals surface area contributed by atoms with Gasteiger partial charge in [0, 0.05) is 12.0 Å². The minimum atomic E-state index is -0.647. The Kier molecular flexibility index (Phi) is 9.42. The molecule has 1 aromatic heterocycles. The highest BCUT2D eigenvalue weighted by Crippen LogP contribution is 2.36. The quantitative estimate of drug-likeness (QED) is 0.334. The van der Waals surface area contributed by atoms with Crippen LogP contribution in [-0.2, 0) is 18.8 Å². The number of H-pyrrole nitrogens is 1. The molecule has 2 N–H and O–H groups in total. The first-order valence-electron chi connectivity index (χ1n) is 13.1. The highest BCUT2D eigenvalue weighted by Gasteiger charge is 2.51. The van der Waals surface area contributed by atoms with E-state index in [1.165, 1.54) is 39.2 Å². The third-order valence-electron chi connectivity index (χ3n) is 7.41. The van der Waals surface area contributed by atoms with Gasteiger partial charge in [0.1, 0.15) is 5.82 Å². The van der Waals surface area contributed by atoms with Crippen LogP contribution in [0.3, 0.4) is 0 Å². The van der Waals surface area contributed by atoms with Crippen LogP contribution in [0.25, 0.3) is 11.3 Å². The van der Waals surface area contributed by atoms with Crippen molar-refractivity contribution in [3.63, 3.8) is 0 Å². The van der Waals surface area contributed by atoms with E-state index in [9.17, 15) is 9.59 Å². The lowest BCUT2D eigenvalue weighted by Gasteiger charge is -2.32. The summed E-state index contributed by atoms with van der Waals surface area (Å²) >= 11 is 0. The molecule has 1 aliphatic carbocycles. The van der Waals surface area contributed by atoms with Crippen LogP contribution >= 0.6 is 0 Å². The Bertz CT molecular complexity index is 1020. The Balaban J connectivity index is 0.000000295. The lowest BCUT2D eigenvalue weighted by atomic mass is 9.79. The number of methoxy groups -OCH3 is 1. The van der Waals surface area contributed by atoms with Crippen LogP contribution in [0.5, 0.6) is 0 Å². The molecule has 1 saturated heterocycles. The summed E-state index contributed by atoms with van der Waals surface area (Å²) in [6, 6.07) is 8.36. The summed E-state index contributed by atoms with van der Waals surface area (Å²) in [5, 5.41) is 1.12. The number of aromatic nitrogens is 2. The van der Waals surface area contributed by atoms with E-state index in [0.717, 1.165) is 27.6 Å². The molecule has 202 valence electrons. The van der Waals surface area contributed by atoms with Gasteiger partial charge in [0.2, 0.25) is 6.41 Å². The molecule has 0 unspecified atom stereocenters. The van der Waals surface area contributed by atoms with Crippen LogP contribution in [-0.4, -0.2) is 59.0 Å². The van der Waals surface area contributed by atoms with Gasteiger partial charge in [0.05, 0.1) is 30.2 Å².